The van der Waals surface area contributed by atoms with Crippen molar-refractivity contribution in [1.82, 2.24) is 20.2 Å². The Kier molecular flexibility index (Phi) is 3.85. The fourth-order valence-corrected chi connectivity index (χ4v) is 4.55. The number of thiophene rings is 1. The quantitative estimate of drug-likeness (QED) is 0.863. The largest absolute Gasteiger partial charge is 0.375 e. The molecule has 7 heteroatoms. The van der Waals surface area contributed by atoms with Gasteiger partial charge < -0.3 is 9.64 Å². The molecule has 0 aliphatic carbocycles. The molecule has 0 radical (unpaired) electrons. The first-order valence-electron chi connectivity index (χ1n) is 8.35. The Morgan fingerprint density at radius 2 is 2.26 bits per heavy atom. The average Bonchev–Trinajstić information content (AvgIpc) is 3.26. The molecule has 0 aromatic carbocycles. The normalized spacial score (nSPS) is 27.5. The Hall–Kier alpha value is -1.47. The number of rotatable bonds is 3. The summed E-state index contributed by atoms with van der Waals surface area (Å²) in [5.41, 5.74) is 1.28. The van der Waals surface area contributed by atoms with Gasteiger partial charge in [-0.2, -0.15) is 11.3 Å². The summed E-state index contributed by atoms with van der Waals surface area (Å²) >= 11 is 1.76. The van der Waals surface area contributed by atoms with E-state index in [0.29, 0.717) is 12.1 Å². The van der Waals surface area contributed by atoms with E-state index in [-0.39, 0.29) is 5.60 Å². The van der Waals surface area contributed by atoms with Crippen LogP contribution in [-0.4, -0.2) is 39.0 Å². The molecule has 0 amide bonds. The fraction of sp³-hybridized carbons (Fsp3) is 0.688. The number of hydrogen-bond acceptors (Lipinski definition) is 6. The second-order valence-corrected chi connectivity index (χ2v) is 7.87. The molecule has 2 atom stereocenters. The van der Waals surface area contributed by atoms with Crippen molar-refractivity contribution >= 4 is 17.3 Å². The van der Waals surface area contributed by atoms with Gasteiger partial charge in [-0.3, -0.25) is 0 Å². The molecule has 124 valence electrons. The molecule has 2 aliphatic heterocycles. The number of anilines is 1. The highest BCUT2D eigenvalue weighted by Gasteiger charge is 2.35. The molecule has 2 saturated heterocycles. The van der Waals surface area contributed by atoms with Gasteiger partial charge in [-0.25, -0.2) is 4.68 Å². The zero-order chi connectivity index (χ0) is 15.9. The third kappa shape index (κ3) is 2.87. The van der Waals surface area contributed by atoms with Gasteiger partial charge in [-0.15, -0.1) is 0 Å². The van der Waals surface area contributed by atoms with Crippen LogP contribution < -0.4 is 4.90 Å². The molecule has 6 nitrogen and oxygen atoms in total. The lowest BCUT2D eigenvalue weighted by Gasteiger charge is -2.36. The van der Waals surface area contributed by atoms with Crippen LogP contribution in [0.2, 0.25) is 0 Å². The van der Waals surface area contributed by atoms with Crippen LogP contribution in [0.4, 0.5) is 5.95 Å². The standard InChI is InChI=1S/C16H23N5OS/c1-16(2)10-13(5-8-22-16)21-15(17-18-19-21)20-7-3-4-14(20)12-6-9-23-11-12/h6,9,11,13-14H,3-5,7-8,10H2,1-2H3. The minimum absolute atomic E-state index is 0.107. The third-order valence-electron chi connectivity index (χ3n) is 4.93. The maximum atomic E-state index is 5.84. The molecule has 2 unspecified atom stereocenters. The van der Waals surface area contributed by atoms with Crippen LogP contribution in [0.15, 0.2) is 16.8 Å². The van der Waals surface area contributed by atoms with E-state index >= 15 is 0 Å². The highest BCUT2D eigenvalue weighted by Crippen LogP contribution is 2.38. The van der Waals surface area contributed by atoms with Gasteiger partial charge in [0, 0.05) is 13.2 Å². The Morgan fingerprint density at radius 3 is 3.04 bits per heavy atom. The minimum atomic E-state index is -0.107. The first-order valence-corrected chi connectivity index (χ1v) is 9.29. The van der Waals surface area contributed by atoms with Crippen LogP contribution >= 0.6 is 11.3 Å². The zero-order valence-electron chi connectivity index (χ0n) is 13.7. The van der Waals surface area contributed by atoms with E-state index in [1.807, 2.05) is 4.68 Å². The molecule has 23 heavy (non-hydrogen) atoms. The highest BCUT2D eigenvalue weighted by molar-refractivity contribution is 7.08. The van der Waals surface area contributed by atoms with Crippen LogP contribution in [0.5, 0.6) is 0 Å². The van der Waals surface area contributed by atoms with E-state index < -0.39 is 0 Å². The smallest absolute Gasteiger partial charge is 0.246 e. The van der Waals surface area contributed by atoms with Gasteiger partial charge in [0.1, 0.15) is 0 Å². The topological polar surface area (TPSA) is 56.1 Å². The molecule has 2 fully saturated rings. The Labute approximate surface area is 140 Å². The Bertz CT molecular complexity index is 653. The molecule has 0 spiro atoms. The average molecular weight is 333 g/mol. The molecular formula is C16H23N5OS. The number of tetrazole rings is 1. The summed E-state index contributed by atoms with van der Waals surface area (Å²) in [6.07, 6.45) is 4.27. The van der Waals surface area contributed by atoms with Crippen LogP contribution in [0.3, 0.4) is 0 Å². The molecule has 0 saturated carbocycles. The lowest BCUT2D eigenvalue weighted by atomic mass is 9.94. The van der Waals surface area contributed by atoms with E-state index in [9.17, 15) is 0 Å². The van der Waals surface area contributed by atoms with Crippen molar-refractivity contribution in [2.45, 2.75) is 57.2 Å². The maximum Gasteiger partial charge on any atom is 0.246 e. The molecular weight excluding hydrogens is 310 g/mol. The van der Waals surface area contributed by atoms with Crippen molar-refractivity contribution in [2.24, 2.45) is 0 Å². The summed E-state index contributed by atoms with van der Waals surface area (Å²) in [7, 11) is 0. The molecule has 4 heterocycles. The Morgan fingerprint density at radius 1 is 1.35 bits per heavy atom. The van der Waals surface area contributed by atoms with E-state index in [0.717, 1.165) is 31.9 Å². The first-order chi connectivity index (χ1) is 11.1. The summed E-state index contributed by atoms with van der Waals surface area (Å²) in [5.74, 6) is 0.918. The van der Waals surface area contributed by atoms with E-state index in [2.05, 4.69) is 51.1 Å². The molecule has 2 aromatic rings. The predicted molar refractivity (Wildman–Crippen MR) is 89.8 cm³/mol. The molecule has 2 aliphatic rings. The second-order valence-electron chi connectivity index (χ2n) is 7.09. The lowest BCUT2D eigenvalue weighted by molar-refractivity contribution is -0.0708. The zero-order valence-corrected chi connectivity index (χ0v) is 14.5. The molecule has 0 N–H and O–H groups in total. The predicted octanol–water partition coefficient (Wildman–Crippen LogP) is 3.21. The monoisotopic (exact) mass is 333 g/mol. The molecule has 4 rings (SSSR count). The summed E-state index contributed by atoms with van der Waals surface area (Å²) in [6.45, 7) is 6.08. The SMILES string of the molecule is CC1(C)CC(n2nnnc2N2CCCC2c2ccsc2)CCO1. The van der Waals surface area contributed by atoms with Crippen LogP contribution in [0, 0.1) is 0 Å². The summed E-state index contributed by atoms with van der Waals surface area (Å²) < 4.78 is 7.88. The summed E-state index contributed by atoms with van der Waals surface area (Å²) in [6, 6.07) is 2.94. The first kappa shape index (κ1) is 15.1. The van der Waals surface area contributed by atoms with E-state index in [1.54, 1.807) is 11.3 Å². The van der Waals surface area contributed by atoms with Gasteiger partial charge in [-0.1, -0.05) is 5.10 Å². The van der Waals surface area contributed by atoms with Crippen molar-refractivity contribution in [1.29, 1.82) is 0 Å². The number of ether oxygens (including phenoxy) is 1. The number of aromatic nitrogens is 4. The van der Waals surface area contributed by atoms with Crippen molar-refractivity contribution < 1.29 is 4.74 Å². The number of hydrogen-bond donors (Lipinski definition) is 0. The summed E-state index contributed by atoms with van der Waals surface area (Å²) in [5, 5.41) is 17.1. The van der Waals surface area contributed by atoms with Gasteiger partial charge in [0.15, 0.2) is 0 Å². The van der Waals surface area contributed by atoms with Crippen LogP contribution in [0.25, 0.3) is 0 Å². The lowest BCUT2D eigenvalue weighted by Crippen LogP contribution is -2.37. The van der Waals surface area contributed by atoms with Crippen molar-refractivity contribution in [3.63, 3.8) is 0 Å². The van der Waals surface area contributed by atoms with Gasteiger partial charge in [0.05, 0.1) is 17.7 Å². The van der Waals surface area contributed by atoms with Gasteiger partial charge in [0.2, 0.25) is 5.95 Å². The van der Waals surface area contributed by atoms with Crippen LogP contribution in [0.1, 0.15) is 57.2 Å². The molecule has 2 aromatic heterocycles. The van der Waals surface area contributed by atoms with E-state index in [1.165, 1.54) is 18.4 Å². The summed E-state index contributed by atoms with van der Waals surface area (Å²) in [4.78, 5) is 2.38. The molecule has 0 bridgehead atoms. The van der Waals surface area contributed by atoms with Crippen LogP contribution in [-0.2, 0) is 4.74 Å². The minimum Gasteiger partial charge on any atom is -0.375 e. The van der Waals surface area contributed by atoms with Crippen molar-refractivity contribution in [3.05, 3.63) is 22.4 Å². The maximum absolute atomic E-state index is 5.84. The van der Waals surface area contributed by atoms with Crippen molar-refractivity contribution in [3.8, 4) is 0 Å². The number of nitrogens with zero attached hydrogens (tertiary/aromatic N) is 5. The van der Waals surface area contributed by atoms with Gasteiger partial charge >= 0.3 is 0 Å². The second kappa shape index (κ2) is 5.87. The Balaban J connectivity index is 1.62. The third-order valence-corrected chi connectivity index (χ3v) is 5.63. The van der Waals surface area contributed by atoms with Gasteiger partial charge in [-0.05, 0) is 72.3 Å². The van der Waals surface area contributed by atoms with E-state index in [4.69, 9.17) is 4.74 Å². The highest BCUT2D eigenvalue weighted by atomic mass is 32.1. The van der Waals surface area contributed by atoms with Crippen molar-refractivity contribution in [2.75, 3.05) is 18.1 Å². The fourth-order valence-electron chi connectivity index (χ4n) is 3.84. The van der Waals surface area contributed by atoms with Gasteiger partial charge in [0.25, 0.3) is 0 Å².